The van der Waals surface area contributed by atoms with Crippen molar-refractivity contribution in [3.63, 3.8) is 0 Å². The Morgan fingerprint density at radius 1 is 1.42 bits per heavy atom. The third kappa shape index (κ3) is 9.13. The molecule has 0 aromatic rings. The lowest BCUT2D eigenvalue weighted by molar-refractivity contribution is -0.135. The quantitative estimate of drug-likeness (QED) is 0.351. The monoisotopic (exact) mass is 172 g/mol. The van der Waals surface area contributed by atoms with Crippen LogP contribution in [0.15, 0.2) is 12.7 Å². The number of carboxylic acid groups (broad SMARTS) is 1. The van der Waals surface area contributed by atoms with Gasteiger partial charge in [-0.1, -0.05) is 6.08 Å². The second-order valence-electron chi connectivity index (χ2n) is 2.42. The van der Waals surface area contributed by atoms with Gasteiger partial charge in [-0.15, -0.1) is 6.58 Å². The number of nitrogens with one attached hydrogen (secondary N) is 2. The molecule has 0 spiro atoms. The summed E-state index contributed by atoms with van der Waals surface area (Å²) in [5.74, 6) is -0.811. The average Bonchev–Trinajstić information content (AvgIpc) is 2.02. The average molecular weight is 172 g/mol. The Labute approximate surface area is 72.7 Å². The fourth-order valence-corrected chi connectivity index (χ4v) is 0.738. The molecule has 3 N–H and O–H groups in total. The molecule has 4 heteroatoms. The summed E-state index contributed by atoms with van der Waals surface area (Å²) in [6, 6.07) is 0. The zero-order valence-corrected chi connectivity index (χ0v) is 7.18. The van der Waals surface area contributed by atoms with E-state index >= 15 is 0 Å². The SMILES string of the molecule is C=CCNCCCNCC(=O)O. The Morgan fingerprint density at radius 2 is 2.08 bits per heavy atom. The molecule has 0 amide bonds. The highest BCUT2D eigenvalue weighted by Crippen LogP contribution is 1.73. The van der Waals surface area contributed by atoms with E-state index in [4.69, 9.17) is 5.11 Å². The van der Waals surface area contributed by atoms with Crippen molar-refractivity contribution in [2.24, 2.45) is 0 Å². The van der Waals surface area contributed by atoms with E-state index in [-0.39, 0.29) is 6.54 Å². The predicted molar refractivity (Wildman–Crippen MR) is 48.2 cm³/mol. The van der Waals surface area contributed by atoms with Crippen LogP contribution in [0, 0.1) is 0 Å². The third-order valence-corrected chi connectivity index (χ3v) is 1.27. The van der Waals surface area contributed by atoms with Gasteiger partial charge in [-0.05, 0) is 19.5 Å². The van der Waals surface area contributed by atoms with E-state index < -0.39 is 5.97 Å². The van der Waals surface area contributed by atoms with Crippen LogP contribution in [0.3, 0.4) is 0 Å². The van der Waals surface area contributed by atoms with Crippen LogP contribution in [0.5, 0.6) is 0 Å². The van der Waals surface area contributed by atoms with Crippen molar-refractivity contribution in [1.29, 1.82) is 0 Å². The second-order valence-corrected chi connectivity index (χ2v) is 2.42. The number of hydrogen-bond donors (Lipinski definition) is 3. The van der Waals surface area contributed by atoms with Gasteiger partial charge in [0.05, 0.1) is 6.54 Å². The number of carbonyl (C=O) groups is 1. The molecule has 0 aliphatic carbocycles. The molecule has 0 atom stereocenters. The van der Waals surface area contributed by atoms with Gasteiger partial charge in [0.2, 0.25) is 0 Å². The molecule has 0 aliphatic heterocycles. The first kappa shape index (κ1) is 11.1. The minimum absolute atomic E-state index is 0.0431. The summed E-state index contributed by atoms with van der Waals surface area (Å²) in [5.41, 5.74) is 0. The van der Waals surface area contributed by atoms with Crippen LogP contribution in [-0.4, -0.2) is 37.3 Å². The van der Waals surface area contributed by atoms with Crippen LogP contribution in [0.4, 0.5) is 0 Å². The minimum Gasteiger partial charge on any atom is -0.480 e. The molecule has 0 rings (SSSR count). The summed E-state index contributed by atoms with van der Waals surface area (Å²) in [4.78, 5) is 10.0. The fourth-order valence-electron chi connectivity index (χ4n) is 0.738. The van der Waals surface area contributed by atoms with Gasteiger partial charge in [-0.2, -0.15) is 0 Å². The van der Waals surface area contributed by atoms with Gasteiger partial charge in [0.1, 0.15) is 0 Å². The van der Waals surface area contributed by atoms with Gasteiger partial charge in [0.25, 0.3) is 0 Å². The molecule has 0 aliphatic rings. The first-order valence-corrected chi connectivity index (χ1v) is 4.01. The lowest BCUT2D eigenvalue weighted by Crippen LogP contribution is -2.26. The van der Waals surface area contributed by atoms with Gasteiger partial charge >= 0.3 is 5.97 Å². The van der Waals surface area contributed by atoms with Gasteiger partial charge in [0.15, 0.2) is 0 Å². The molecule has 0 saturated carbocycles. The van der Waals surface area contributed by atoms with E-state index in [1.54, 1.807) is 6.08 Å². The Balaban J connectivity index is 2.90. The fraction of sp³-hybridized carbons (Fsp3) is 0.625. The molecule has 0 aromatic heterocycles. The summed E-state index contributed by atoms with van der Waals surface area (Å²) in [5, 5.41) is 14.2. The molecular formula is C8H16N2O2. The van der Waals surface area contributed by atoms with Crippen molar-refractivity contribution < 1.29 is 9.90 Å². The molecule has 0 aromatic carbocycles. The smallest absolute Gasteiger partial charge is 0.317 e. The normalized spacial score (nSPS) is 9.67. The van der Waals surface area contributed by atoms with Crippen molar-refractivity contribution >= 4 is 5.97 Å². The van der Waals surface area contributed by atoms with Crippen LogP contribution < -0.4 is 10.6 Å². The Hall–Kier alpha value is -0.870. The molecule has 12 heavy (non-hydrogen) atoms. The van der Waals surface area contributed by atoms with Crippen molar-refractivity contribution in [2.75, 3.05) is 26.2 Å². The molecule has 0 radical (unpaired) electrons. The molecule has 0 bridgehead atoms. The van der Waals surface area contributed by atoms with Crippen LogP contribution in [0.25, 0.3) is 0 Å². The van der Waals surface area contributed by atoms with E-state index in [2.05, 4.69) is 17.2 Å². The minimum atomic E-state index is -0.811. The molecule has 70 valence electrons. The number of rotatable bonds is 8. The van der Waals surface area contributed by atoms with E-state index in [1.807, 2.05) is 0 Å². The zero-order chi connectivity index (χ0) is 9.23. The maximum absolute atomic E-state index is 10.0. The van der Waals surface area contributed by atoms with E-state index in [0.29, 0.717) is 0 Å². The summed E-state index contributed by atoms with van der Waals surface area (Å²) < 4.78 is 0. The van der Waals surface area contributed by atoms with E-state index in [0.717, 1.165) is 26.1 Å². The zero-order valence-electron chi connectivity index (χ0n) is 7.18. The van der Waals surface area contributed by atoms with Crippen LogP contribution >= 0.6 is 0 Å². The second kappa shape index (κ2) is 8.23. The number of carboxylic acids is 1. The maximum atomic E-state index is 10.0. The van der Waals surface area contributed by atoms with Crippen LogP contribution in [-0.2, 0) is 4.79 Å². The number of aliphatic carboxylic acids is 1. The Bertz CT molecular complexity index is 137. The Kier molecular flexibility index (Phi) is 7.63. The van der Waals surface area contributed by atoms with Gasteiger partial charge in [-0.3, -0.25) is 4.79 Å². The van der Waals surface area contributed by atoms with Crippen LogP contribution in [0.2, 0.25) is 0 Å². The summed E-state index contributed by atoms with van der Waals surface area (Å²) in [7, 11) is 0. The van der Waals surface area contributed by atoms with Gasteiger partial charge in [-0.25, -0.2) is 0 Å². The van der Waals surface area contributed by atoms with E-state index in [1.165, 1.54) is 0 Å². The van der Waals surface area contributed by atoms with Crippen LogP contribution in [0.1, 0.15) is 6.42 Å². The first-order valence-electron chi connectivity index (χ1n) is 4.01. The maximum Gasteiger partial charge on any atom is 0.317 e. The van der Waals surface area contributed by atoms with E-state index in [9.17, 15) is 4.79 Å². The largest absolute Gasteiger partial charge is 0.480 e. The standard InChI is InChI=1S/C8H16N2O2/c1-2-4-9-5-3-6-10-7-8(11)12/h2,9-10H,1,3-7H2,(H,11,12). The predicted octanol–water partition coefficient (Wildman–Crippen LogP) is -0.174. The lowest BCUT2D eigenvalue weighted by Gasteiger charge is -2.01. The third-order valence-electron chi connectivity index (χ3n) is 1.27. The molecule has 4 nitrogen and oxygen atoms in total. The van der Waals surface area contributed by atoms with Gasteiger partial charge < -0.3 is 15.7 Å². The van der Waals surface area contributed by atoms with Gasteiger partial charge in [0, 0.05) is 6.54 Å². The topological polar surface area (TPSA) is 61.4 Å². The molecular weight excluding hydrogens is 156 g/mol. The van der Waals surface area contributed by atoms with Crippen molar-refractivity contribution in [1.82, 2.24) is 10.6 Å². The lowest BCUT2D eigenvalue weighted by atomic mass is 10.4. The Morgan fingerprint density at radius 3 is 2.67 bits per heavy atom. The molecule has 0 saturated heterocycles. The highest BCUT2D eigenvalue weighted by atomic mass is 16.4. The molecule has 0 fully saturated rings. The highest BCUT2D eigenvalue weighted by Gasteiger charge is 1.93. The van der Waals surface area contributed by atoms with Crippen molar-refractivity contribution in [2.45, 2.75) is 6.42 Å². The summed E-state index contributed by atoms with van der Waals surface area (Å²) >= 11 is 0. The molecule has 0 heterocycles. The summed E-state index contributed by atoms with van der Waals surface area (Å²) in [6.45, 7) is 6.03. The highest BCUT2D eigenvalue weighted by molar-refractivity contribution is 5.68. The van der Waals surface area contributed by atoms with Crippen molar-refractivity contribution in [3.05, 3.63) is 12.7 Å². The number of hydrogen-bond acceptors (Lipinski definition) is 3. The molecule has 0 unspecified atom stereocenters. The first-order chi connectivity index (χ1) is 5.77. The summed E-state index contributed by atoms with van der Waals surface area (Å²) in [6.07, 6.45) is 2.73. The van der Waals surface area contributed by atoms with Crippen molar-refractivity contribution in [3.8, 4) is 0 Å².